The third kappa shape index (κ3) is 5.59. The van der Waals surface area contributed by atoms with E-state index in [0.29, 0.717) is 5.75 Å². The third-order valence-corrected chi connectivity index (χ3v) is 4.34. The topological polar surface area (TPSA) is 43.4 Å². The smallest absolute Gasteiger partial charge is 0.233 e. The first-order valence-electron chi connectivity index (χ1n) is 5.40. The Balaban J connectivity index is 2.70. The van der Waals surface area contributed by atoms with E-state index in [2.05, 4.69) is 15.9 Å². The molecule has 102 valence electrons. The van der Waals surface area contributed by atoms with Crippen molar-refractivity contribution in [3.8, 4) is 5.75 Å². The van der Waals surface area contributed by atoms with Crippen molar-refractivity contribution in [1.82, 2.24) is 0 Å². The van der Waals surface area contributed by atoms with Crippen LogP contribution in [0.25, 0.3) is 0 Å². The predicted molar refractivity (Wildman–Crippen MR) is 77.8 cm³/mol. The van der Waals surface area contributed by atoms with Gasteiger partial charge in [-0.15, -0.1) is 0 Å². The Morgan fingerprint density at radius 1 is 1.39 bits per heavy atom. The van der Waals surface area contributed by atoms with Crippen LogP contribution in [0, 0.1) is 12.3 Å². The van der Waals surface area contributed by atoms with Gasteiger partial charge in [-0.25, -0.2) is 8.42 Å². The van der Waals surface area contributed by atoms with Crippen molar-refractivity contribution in [2.45, 2.75) is 20.8 Å². The van der Waals surface area contributed by atoms with E-state index >= 15 is 0 Å². The molecule has 0 aliphatic rings. The van der Waals surface area contributed by atoms with Gasteiger partial charge in [-0.1, -0.05) is 19.9 Å². The number of halogens is 2. The summed E-state index contributed by atoms with van der Waals surface area (Å²) in [6.45, 7) is 5.86. The lowest BCUT2D eigenvalue weighted by Crippen LogP contribution is -2.28. The maximum atomic E-state index is 11.1. The monoisotopic (exact) mass is 354 g/mol. The van der Waals surface area contributed by atoms with E-state index in [1.165, 1.54) is 0 Å². The molecule has 0 aromatic heterocycles. The molecule has 6 heteroatoms. The second-order valence-electron chi connectivity index (χ2n) is 5.07. The molecule has 0 saturated heterocycles. The first-order chi connectivity index (χ1) is 8.09. The van der Waals surface area contributed by atoms with E-state index < -0.39 is 14.5 Å². The summed E-state index contributed by atoms with van der Waals surface area (Å²) in [7, 11) is 1.74. The van der Waals surface area contributed by atoms with E-state index in [0.717, 1.165) is 10.0 Å². The highest BCUT2D eigenvalue weighted by Crippen LogP contribution is 2.28. The fraction of sp³-hybridized carbons (Fsp3) is 0.500. The Morgan fingerprint density at radius 3 is 2.50 bits per heavy atom. The zero-order valence-corrected chi connectivity index (χ0v) is 13.7. The molecule has 18 heavy (non-hydrogen) atoms. The van der Waals surface area contributed by atoms with E-state index in [4.69, 9.17) is 15.4 Å². The molecule has 0 bridgehead atoms. The molecule has 0 spiro atoms. The van der Waals surface area contributed by atoms with Gasteiger partial charge in [0.05, 0.1) is 16.8 Å². The van der Waals surface area contributed by atoms with Gasteiger partial charge in [0.15, 0.2) is 0 Å². The lowest BCUT2D eigenvalue weighted by molar-refractivity contribution is 0.199. The first kappa shape index (κ1) is 15.8. The summed E-state index contributed by atoms with van der Waals surface area (Å²) in [4.78, 5) is 0. The molecule has 1 aromatic carbocycles. The molecule has 0 aliphatic heterocycles. The van der Waals surface area contributed by atoms with Crippen molar-refractivity contribution in [3.05, 3.63) is 28.2 Å². The second-order valence-corrected chi connectivity index (χ2v) is 8.70. The van der Waals surface area contributed by atoms with Gasteiger partial charge in [0.1, 0.15) is 5.75 Å². The number of benzene rings is 1. The minimum Gasteiger partial charge on any atom is -0.492 e. The Hall–Kier alpha value is -0.260. The van der Waals surface area contributed by atoms with Gasteiger partial charge in [-0.3, -0.25) is 0 Å². The van der Waals surface area contributed by atoms with Crippen LogP contribution in [0.5, 0.6) is 5.75 Å². The Bertz CT molecular complexity index is 526. The molecule has 0 unspecified atom stereocenters. The maximum Gasteiger partial charge on any atom is 0.233 e. The molecule has 0 heterocycles. The Kier molecular flexibility index (Phi) is 5.09. The second kappa shape index (κ2) is 5.80. The van der Waals surface area contributed by atoms with E-state index in [1.54, 1.807) is 13.8 Å². The molecule has 0 fully saturated rings. The Labute approximate surface area is 121 Å². The van der Waals surface area contributed by atoms with Gasteiger partial charge >= 0.3 is 0 Å². The molecule has 0 radical (unpaired) electrons. The SMILES string of the molecule is Cc1ccc(OCC(C)(C)CS(=O)(=O)Cl)c(Br)c1. The Morgan fingerprint density at radius 2 is 2.00 bits per heavy atom. The number of aryl methyl sites for hydroxylation is 1. The van der Waals surface area contributed by atoms with Crippen molar-refractivity contribution in [2.24, 2.45) is 5.41 Å². The molecular formula is C12H16BrClO3S. The molecule has 1 aromatic rings. The van der Waals surface area contributed by atoms with Crippen molar-refractivity contribution in [3.63, 3.8) is 0 Å². The highest BCUT2D eigenvalue weighted by Gasteiger charge is 2.26. The molecular weight excluding hydrogens is 340 g/mol. The molecule has 0 N–H and O–H groups in total. The van der Waals surface area contributed by atoms with E-state index in [1.807, 2.05) is 25.1 Å². The van der Waals surface area contributed by atoms with Gasteiger partial charge in [0.25, 0.3) is 0 Å². The first-order valence-corrected chi connectivity index (χ1v) is 8.67. The quantitative estimate of drug-likeness (QED) is 0.756. The predicted octanol–water partition coefficient (Wildman–Crippen LogP) is 3.73. The minimum absolute atomic E-state index is 0.120. The fourth-order valence-electron chi connectivity index (χ4n) is 1.50. The summed E-state index contributed by atoms with van der Waals surface area (Å²) in [5.41, 5.74) is 0.585. The van der Waals surface area contributed by atoms with Crippen LogP contribution in [0.3, 0.4) is 0 Å². The van der Waals surface area contributed by atoms with Crippen molar-refractivity contribution in [1.29, 1.82) is 0 Å². The van der Waals surface area contributed by atoms with Gasteiger partial charge in [-0.2, -0.15) is 0 Å². The van der Waals surface area contributed by atoms with Gasteiger partial charge in [0, 0.05) is 16.1 Å². The number of ether oxygens (including phenoxy) is 1. The summed E-state index contributed by atoms with van der Waals surface area (Å²) in [6.07, 6.45) is 0. The molecule has 1 rings (SSSR count). The summed E-state index contributed by atoms with van der Waals surface area (Å²) in [5.74, 6) is 0.575. The van der Waals surface area contributed by atoms with Gasteiger partial charge in [0.2, 0.25) is 9.05 Å². The zero-order chi connectivity index (χ0) is 14.0. The van der Waals surface area contributed by atoms with E-state index in [-0.39, 0.29) is 12.4 Å². The van der Waals surface area contributed by atoms with Crippen molar-refractivity contribution in [2.75, 3.05) is 12.4 Å². The largest absolute Gasteiger partial charge is 0.492 e. The standard InChI is InChI=1S/C12H16BrClO3S/c1-9-4-5-11(10(13)6-9)17-7-12(2,3)8-18(14,15)16/h4-6H,7-8H2,1-3H3. The van der Waals surface area contributed by atoms with Crippen LogP contribution in [0.15, 0.2) is 22.7 Å². The van der Waals surface area contributed by atoms with Crippen LogP contribution in [-0.4, -0.2) is 20.8 Å². The summed E-state index contributed by atoms with van der Waals surface area (Å²) in [5, 5.41) is 0. The van der Waals surface area contributed by atoms with Gasteiger partial charge in [-0.05, 0) is 40.5 Å². The number of rotatable bonds is 5. The highest BCUT2D eigenvalue weighted by atomic mass is 79.9. The average molecular weight is 356 g/mol. The minimum atomic E-state index is -3.52. The molecule has 0 saturated carbocycles. The summed E-state index contributed by atoms with van der Waals surface area (Å²) < 4.78 is 28.6. The maximum absolute atomic E-state index is 11.1. The van der Waals surface area contributed by atoms with Crippen LogP contribution in [0.4, 0.5) is 0 Å². The lowest BCUT2D eigenvalue weighted by atomic mass is 9.98. The van der Waals surface area contributed by atoms with Crippen LogP contribution < -0.4 is 4.74 Å². The molecule has 0 atom stereocenters. The van der Waals surface area contributed by atoms with Crippen LogP contribution in [-0.2, 0) is 9.05 Å². The fourth-order valence-corrected chi connectivity index (χ4v) is 4.02. The van der Waals surface area contributed by atoms with Crippen LogP contribution in [0.1, 0.15) is 19.4 Å². The molecule has 3 nitrogen and oxygen atoms in total. The summed E-state index contributed by atoms with van der Waals surface area (Å²) in [6, 6.07) is 5.73. The molecule has 0 amide bonds. The highest BCUT2D eigenvalue weighted by molar-refractivity contribution is 9.10. The van der Waals surface area contributed by atoms with Crippen LogP contribution in [0.2, 0.25) is 0 Å². The third-order valence-electron chi connectivity index (χ3n) is 2.27. The summed E-state index contributed by atoms with van der Waals surface area (Å²) >= 11 is 3.41. The molecule has 0 aliphatic carbocycles. The number of hydrogen-bond acceptors (Lipinski definition) is 3. The lowest BCUT2D eigenvalue weighted by Gasteiger charge is -2.23. The van der Waals surface area contributed by atoms with Crippen molar-refractivity contribution >= 4 is 35.7 Å². The normalized spacial score (nSPS) is 12.5. The average Bonchev–Trinajstić information content (AvgIpc) is 2.12. The van der Waals surface area contributed by atoms with E-state index in [9.17, 15) is 8.42 Å². The van der Waals surface area contributed by atoms with Crippen LogP contribution >= 0.6 is 26.6 Å². The van der Waals surface area contributed by atoms with Crippen molar-refractivity contribution < 1.29 is 13.2 Å². The zero-order valence-electron chi connectivity index (χ0n) is 10.5. The number of hydrogen-bond donors (Lipinski definition) is 0. The van der Waals surface area contributed by atoms with Gasteiger partial charge < -0.3 is 4.74 Å².